The van der Waals surface area contributed by atoms with Crippen molar-refractivity contribution in [2.24, 2.45) is 5.73 Å². The van der Waals surface area contributed by atoms with E-state index in [4.69, 9.17) is 14.8 Å². The van der Waals surface area contributed by atoms with Crippen LogP contribution in [0.3, 0.4) is 0 Å². The van der Waals surface area contributed by atoms with Crippen LogP contribution in [0.5, 0.6) is 0 Å². The molecule has 0 atom stereocenters. The summed E-state index contributed by atoms with van der Waals surface area (Å²) in [5.41, 5.74) is 5.97. The molecule has 1 fully saturated rings. The summed E-state index contributed by atoms with van der Waals surface area (Å²) in [6.45, 7) is 4.37. The van der Waals surface area contributed by atoms with Gasteiger partial charge in [0.1, 0.15) is 0 Å². The number of nitrogens with two attached hydrogens (primary N) is 1. The lowest BCUT2D eigenvalue weighted by atomic mass is 9.75. The van der Waals surface area contributed by atoms with Crippen LogP contribution in [0.15, 0.2) is 11.9 Å². The Morgan fingerprint density at radius 2 is 1.82 bits per heavy atom. The first-order chi connectivity index (χ1) is 7.54. The lowest BCUT2D eigenvalue weighted by Crippen LogP contribution is -2.45. The zero-order chi connectivity index (χ0) is 12.1. The van der Waals surface area contributed by atoms with Crippen molar-refractivity contribution in [2.75, 3.05) is 13.2 Å². The summed E-state index contributed by atoms with van der Waals surface area (Å²) in [6.07, 6.45) is 5.87. The van der Waals surface area contributed by atoms with Gasteiger partial charge in [-0.1, -0.05) is 6.08 Å². The summed E-state index contributed by atoms with van der Waals surface area (Å²) in [4.78, 5) is 0. The lowest BCUT2D eigenvalue weighted by Gasteiger charge is -2.37. The van der Waals surface area contributed by atoms with E-state index in [-0.39, 0.29) is 17.9 Å². The van der Waals surface area contributed by atoms with Crippen LogP contribution in [0.1, 0.15) is 39.5 Å². The number of halogens is 1. The minimum Gasteiger partial charge on any atom is -0.325 e. The first-order valence-electron chi connectivity index (χ1n) is 5.89. The van der Waals surface area contributed by atoms with Crippen LogP contribution in [0, 0.1) is 0 Å². The van der Waals surface area contributed by atoms with Gasteiger partial charge in [0, 0.05) is 11.4 Å². The SMILES string of the molecule is CCOP(=O)(/C=C/CC1(N)CCC1)OCC.Cl. The molecule has 4 nitrogen and oxygen atoms in total. The molecule has 0 radical (unpaired) electrons. The van der Waals surface area contributed by atoms with Crippen LogP contribution in [0.25, 0.3) is 0 Å². The Balaban J connectivity index is 0.00000256. The summed E-state index contributed by atoms with van der Waals surface area (Å²) < 4.78 is 22.3. The van der Waals surface area contributed by atoms with Gasteiger partial charge in [-0.25, -0.2) is 0 Å². The summed E-state index contributed by atoms with van der Waals surface area (Å²) in [7, 11) is -3.03. The van der Waals surface area contributed by atoms with Crippen LogP contribution in [0.2, 0.25) is 0 Å². The van der Waals surface area contributed by atoms with E-state index >= 15 is 0 Å². The molecule has 0 heterocycles. The molecule has 0 aromatic rings. The molecule has 1 rings (SSSR count). The Hall–Kier alpha value is 0.140. The molecule has 1 saturated carbocycles. The van der Waals surface area contributed by atoms with Gasteiger partial charge in [-0.15, -0.1) is 12.4 Å². The van der Waals surface area contributed by atoms with Crippen molar-refractivity contribution >= 4 is 20.0 Å². The van der Waals surface area contributed by atoms with Crippen molar-refractivity contribution in [3.8, 4) is 0 Å². The molecule has 0 aliphatic heterocycles. The second-order valence-electron chi connectivity index (χ2n) is 4.18. The zero-order valence-corrected chi connectivity index (χ0v) is 12.3. The number of hydrogen-bond donors (Lipinski definition) is 1. The van der Waals surface area contributed by atoms with Crippen molar-refractivity contribution in [1.82, 2.24) is 0 Å². The monoisotopic (exact) mass is 283 g/mol. The fourth-order valence-corrected chi connectivity index (χ4v) is 3.06. The molecular weight excluding hydrogens is 261 g/mol. The molecular formula is C11H23ClNO3P. The summed E-state index contributed by atoms with van der Waals surface area (Å²) in [5, 5.41) is 0. The Morgan fingerprint density at radius 1 is 1.29 bits per heavy atom. The third-order valence-electron chi connectivity index (χ3n) is 2.78. The second-order valence-corrected chi connectivity index (χ2v) is 6.07. The molecule has 0 saturated heterocycles. The summed E-state index contributed by atoms with van der Waals surface area (Å²) in [6, 6.07) is 0. The van der Waals surface area contributed by atoms with Gasteiger partial charge in [-0.2, -0.15) is 0 Å². The highest BCUT2D eigenvalue weighted by Crippen LogP contribution is 2.50. The molecule has 0 spiro atoms. The van der Waals surface area contributed by atoms with E-state index in [0.29, 0.717) is 13.2 Å². The molecule has 1 aliphatic rings. The normalized spacial score (nSPS) is 18.8. The van der Waals surface area contributed by atoms with Gasteiger partial charge < -0.3 is 14.8 Å². The quantitative estimate of drug-likeness (QED) is 0.727. The first kappa shape index (κ1) is 17.1. The van der Waals surface area contributed by atoms with Gasteiger partial charge in [0.15, 0.2) is 0 Å². The molecule has 0 unspecified atom stereocenters. The minimum absolute atomic E-state index is 0. The molecule has 2 N–H and O–H groups in total. The van der Waals surface area contributed by atoms with Crippen LogP contribution in [-0.4, -0.2) is 18.8 Å². The van der Waals surface area contributed by atoms with Crippen molar-refractivity contribution < 1.29 is 13.6 Å². The van der Waals surface area contributed by atoms with E-state index in [1.807, 2.05) is 6.08 Å². The Bertz CT molecular complexity index is 282. The van der Waals surface area contributed by atoms with E-state index < -0.39 is 7.60 Å². The Kier molecular flexibility index (Phi) is 7.61. The molecule has 17 heavy (non-hydrogen) atoms. The highest BCUT2D eigenvalue weighted by Gasteiger charge is 2.31. The van der Waals surface area contributed by atoms with Crippen molar-refractivity contribution in [3.63, 3.8) is 0 Å². The molecule has 0 aromatic heterocycles. The summed E-state index contributed by atoms with van der Waals surface area (Å²) in [5.74, 6) is 1.55. The van der Waals surface area contributed by atoms with Gasteiger partial charge in [0.25, 0.3) is 0 Å². The van der Waals surface area contributed by atoms with Crippen LogP contribution in [-0.2, 0) is 13.6 Å². The molecule has 0 aromatic carbocycles. The predicted octanol–water partition coefficient (Wildman–Crippen LogP) is 3.46. The van der Waals surface area contributed by atoms with Crippen LogP contribution >= 0.6 is 20.0 Å². The summed E-state index contributed by atoms with van der Waals surface area (Å²) >= 11 is 0. The van der Waals surface area contributed by atoms with Crippen molar-refractivity contribution in [3.05, 3.63) is 11.9 Å². The van der Waals surface area contributed by atoms with E-state index in [0.717, 1.165) is 19.3 Å². The van der Waals surface area contributed by atoms with Crippen LogP contribution in [0.4, 0.5) is 0 Å². The topological polar surface area (TPSA) is 61.5 Å². The molecule has 6 heteroatoms. The largest absolute Gasteiger partial charge is 0.353 e. The maximum absolute atomic E-state index is 12.0. The second kappa shape index (κ2) is 7.55. The van der Waals surface area contributed by atoms with Gasteiger partial charge in [0.05, 0.1) is 13.2 Å². The smallest absolute Gasteiger partial charge is 0.325 e. The van der Waals surface area contributed by atoms with Gasteiger partial charge >= 0.3 is 7.60 Å². The number of rotatable bonds is 7. The highest BCUT2D eigenvalue weighted by molar-refractivity contribution is 7.57. The molecule has 0 bridgehead atoms. The standard InChI is InChI=1S/C11H22NO3P.ClH/c1-3-14-16(13,15-4-2)10-6-9-11(12)7-5-8-11;/h6,10H,3-5,7-9,12H2,1-2H3;1H/b10-6+;. The molecule has 0 amide bonds. The Labute approximate surface area is 110 Å². The van der Waals surface area contributed by atoms with Crippen molar-refractivity contribution in [2.45, 2.75) is 45.1 Å². The maximum Gasteiger partial charge on any atom is 0.353 e. The van der Waals surface area contributed by atoms with Crippen LogP contribution < -0.4 is 5.73 Å². The minimum atomic E-state index is -3.03. The molecule has 1 aliphatic carbocycles. The third kappa shape index (κ3) is 5.54. The highest BCUT2D eigenvalue weighted by atomic mass is 35.5. The third-order valence-corrected chi connectivity index (χ3v) is 4.59. The van der Waals surface area contributed by atoms with E-state index in [1.165, 1.54) is 6.42 Å². The fraction of sp³-hybridized carbons (Fsp3) is 0.818. The van der Waals surface area contributed by atoms with E-state index in [1.54, 1.807) is 19.7 Å². The average Bonchev–Trinajstić information content (AvgIpc) is 2.16. The average molecular weight is 284 g/mol. The Morgan fingerprint density at radius 3 is 2.18 bits per heavy atom. The zero-order valence-electron chi connectivity index (χ0n) is 10.6. The first-order valence-corrected chi connectivity index (χ1v) is 7.50. The van der Waals surface area contributed by atoms with E-state index in [9.17, 15) is 4.57 Å². The predicted molar refractivity (Wildman–Crippen MR) is 72.6 cm³/mol. The van der Waals surface area contributed by atoms with Gasteiger partial charge in [-0.05, 0) is 39.5 Å². The van der Waals surface area contributed by atoms with Crippen molar-refractivity contribution in [1.29, 1.82) is 0 Å². The van der Waals surface area contributed by atoms with E-state index in [2.05, 4.69) is 0 Å². The number of hydrogen-bond acceptors (Lipinski definition) is 4. The maximum atomic E-state index is 12.0. The molecule has 102 valence electrons. The van der Waals surface area contributed by atoms with Gasteiger partial charge in [0.2, 0.25) is 0 Å². The van der Waals surface area contributed by atoms with Gasteiger partial charge in [-0.3, -0.25) is 4.57 Å². The fourth-order valence-electron chi connectivity index (χ4n) is 1.73. The lowest BCUT2D eigenvalue weighted by molar-refractivity contribution is 0.228.